The second kappa shape index (κ2) is 7.36. The van der Waals surface area contributed by atoms with Crippen molar-refractivity contribution in [2.24, 2.45) is 11.7 Å². The predicted octanol–water partition coefficient (Wildman–Crippen LogP) is -1.78. The maximum absolute atomic E-state index is 6.11. The first-order valence-corrected chi connectivity index (χ1v) is 4.86. The highest BCUT2D eigenvalue weighted by Gasteiger charge is 2.28. The molecule has 88 valence electrons. The standard InChI is InChI=1S/C9H24N4.H4Si/c1-7(2)6-13-9(10,12-5)8(3)11-4;/h7-8,11-13H,6,10H2,1-5H3;1H4. The fourth-order valence-electron chi connectivity index (χ4n) is 1.06. The van der Waals surface area contributed by atoms with Crippen molar-refractivity contribution < 1.29 is 0 Å². The van der Waals surface area contributed by atoms with Crippen LogP contribution < -0.4 is 21.7 Å². The van der Waals surface area contributed by atoms with Gasteiger partial charge in [0.15, 0.2) is 0 Å². The van der Waals surface area contributed by atoms with Crippen molar-refractivity contribution in [1.82, 2.24) is 16.0 Å². The second-order valence-corrected chi connectivity index (χ2v) is 3.90. The highest BCUT2D eigenvalue weighted by molar-refractivity contribution is 5.75. The van der Waals surface area contributed by atoms with Crippen LogP contribution in [0.4, 0.5) is 0 Å². The lowest BCUT2D eigenvalue weighted by molar-refractivity contribution is 0.210. The van der Waals surface area contributed by atoms with E-state index in [4.69, 9.17) is 5.73 Å². The molecular weight excluding hydrogens is 192 g/mol. The SMILES string of the molecule is CNC(C)C(N)(NC)NCC(C)C.[SiH4]. The molecule has 0 saturated carbocycles. The van der Waals surface area contributed by atoms with E-state index in [1.165, 1.54) is 0 Å². The molecule has 0 heterocycles. The van der Waals surface area contributed by atoms with Crippen LogP contribution in [0.25, 0.3) is 0 Å². The average Bonchev–Trinajstić information content (AvgIpc) is 2.12. The normalized spacial score (nSPS) is 17.4. The Balaban J connectivity index is 0. The van der Waals surface area contributed by atoms with Gasteiger partial charge in [-0.05, 0) is 37.9 Å². The van der Waals surface area contributed by atoms with Gasteiger partial charge >= 0.3 is 0 Å². The lowest BCUT2D eigenvalue weighted by atomic mass is 10.1. The van der Waals surface area contributed by atoms with Gasteiger partial charge < -0.3 is 5.32 Å². The summed E-state index contributed by atoms with van der Waals surface area (Å²) >= 11 is 0. The highest BCUT2D eigenvalue weighted by atomic mass is 28.1. The van der Waals surface area contributed by atoms with E-state index in [2.05, 4.69) is 29.8 Å². The maximum Gasteiger partial charge on any atom is 0.136 e. The van der Waals surface area contributed by atoms with Crippen LogP contribution >= 0.6 is 0 Å². The molecule has 14 heavy (non-hydrogen) atoms. The molecule has 0 aromatic carbocycles. The van der Waals surface area contributed by atoms with Crippen LogP contribution in [0.15, 0.2) is 0 Å². The van der Waals surface area contributed by atoms with Crippen molar-refractivity contribution in [1.29, 1.82) is 0 Å². The summed E-state index contributed by atoms with van der Waals surface area (Å²) in [7, 11) is 3.77. The quantitative estimate of drug-likeness (QED) is 0.316. The van der Waals surface area contributed by atoms with Crippen molar-refractivity contribution in [3.63, 3.8) is 0 Å². The third-order valence-electron chi connectivity index (χ3n) is 2.33. The van der Waals surface area contributed by atoms with Crippen molar-refractivity contribution in [3.8, 4) is 0 Å². The molecule has 2 atom stereocenters. The smallest absolute Gasteiger partial charge is 0.136 e. The monoisotopic (exact) mass is 220 g/mol. The van der Waals surface area contributed by atoms with Crippen LogP contribution in [0.2, 0.25) is 0 Å². The minimum absolute atomic E-state index is 0. The average molecular weight is 220 g/mol. The zero-order chi connectivity index (χ0) is 10.5. The molecule has 0 saturated heterocycles. The summed E-state index contributed by atoms with van der Waals surface area (Å²) in [4.78, 5) is 0. The minimum atomic E-state index is -0.529. The molecule has 2 unspecified atom stereocenters. The van der Waals surface area contributed by atoms with Crippen molar-refractivity contribution in [2.45, 2.75) is 32.6 Å². The largest absolute Gasteiger partial charge is 0.313 e. The van der Waals surface area contributed by atoms with Crippen molar-refractivity contribution in [2.75, 3.05) is 20.6 Å². The molecule has 0 bridgehead atoms. The van der Waals surface area contributed by atoms with Crippen LogP contribution in [-0.4, -0.2) is 43.4 Å². The van der Waals surface area contributed by atoms with Gasteiger partial charge in [-0.1, -0.05) is 13.8 Å². The van der Waals surface area contributed by atoms with E-state index in [9.17, 15) is 0 Å². The van der Waals surface area contributed by atoms with Crippen molar-refractivity contribution in [3.05, 3.63) is 0 Å². The van der Waals surface area contributed by atoms with Gasteiger partial charge in [-0.2, -0.15) is 0 Å². The molecule has 0 aliphatic rings. The van der Waals surface area contributed by atoms with Crippen LogP contribution in [0, 0.1) is 5.92 Å². The number of nitrogens with two attached hydrogens (primary N) is 1. The Morgan fingerprint density at radius 1 is 1.21 bits per heavy atom. The molecule has 0 aromatic rings. The van der Waals surface area contributed by atoms with Gasteiger partial charge in [0.05, 0.1) is 0 Å². The van der Waals surface area contributed by atoms with E-state index in [1.54, 1.807) is 0 Å². The van der Waals surface area contributed by atoms with Gasteiger partial charge in [-0.15, -0.1) is 0 Å². The van der Waals surface area contributed by atoms with E-state index >= 15 is 0 Å². The molecule has 0 radical (unpaired) electrons. The molecule has 0 aromatic heterocycles. The Morgan fingerprint density at radius 2 is 1.71 bits per heavy atom. The van der Waals surface area contributed by atoms with Gasteiger partial charge in [0, 0.05) is 12.6 Å². The van der Waals surface area contributed by atoms with Crippen LogP contribution in [0.5, 0.6) is 0 Å². The number of likely N-dealkylation sites (N-methyl/N-ethyl adjacent to an activating group) is 2. The third-order valence-corrected chi connectivity index (χ3v) is 2.33. The third kappa shape index (κ3) is 5.07. The van der Waals surface area contributed by atoms with Crippen LogP contribution in [-0.2, 0) is 0 Å². The molecule has 0 rings (SSSR count). The van der Waals surface area contributed by atoms with Gasteiger partial charge in [0.1, 0.15) is 5.79 Å². The topological polar surface area (TPSA) is 62.1 Å². The van der Waals surface area contributed by atoms with E-state index in [0.29, 0.717) is 5.92 Å². The summed E-state index contributed by atoms with van der Waals surface area (Å²) in [6.07, 6.45) is 0. The summed E-state index contributed by atoms with van der Waals surface area (Å²) in [5, 5.41) is 9.52. The molecular formula is C9H28N4Si. The van der Waals surface area contributed by atoms with Crippen LogP contribution in [0.3, 0.4) is 0 Å². The van der Waals surface area contributed by atoms with E-state index in [-0.39, 0.29) is 17.0 Å². The lowest BCUT2D eigenvalue weighted by Gasteiger charge is -2.36. The first-order valence-electron chi connectivity index (χ1n) is 4.86. The lowest BCUT2D eigenvalue weighted by Crippen LogP contribution is -2.72. The molecule has 5 N–H and O–H groups in total. The Bertz CT molecular complexity index is 143. The van der Waals surface area contributed by atoms with Crippen LogP contribution in [0.1, 0.15) is 20.8 Å². The molecule has 0 spiro atoms. The summed E-state index contributed by atoms with van der Waals surface area (Å²) in [5.74, 6) is 0.0688. The molecule has 0 aliphatic heterocycles. The Kier molecular flexibility index (Phi) is 8.67. The minimum Gasteiger partial charge on any atom is -0.313 e. The predicted molar refractivity (Wildman–Crippen MR) is 68.7 cm³/mol. The summed E-state index contributed by atoms with van der Waals surface area (Å²) in [5.41, 5.74) is 6.11. The fourth-order valence-corrected chi connectivity index (χ4v) is 1.06. The van der Waals surface area contributed by atoms with Gasteiger partial charge in [0.2, 0.25) is 0 Å². The number of hydrogen-bond donors (Lipinski definition) is 4. The summed E-state index contributed by atoms with van der Waals surface area (Å²) < 4.78 is 0. The maximum atomic E-state index is 6.11. The molecule has 0 amide bonds. The van der Waals surface area contributed by atoms with E-state index in [1.807, 2.05) is 21.0 Å². The number of rotatable bonds is 6. The molecule has 4 nitrogen and oxygen atoms in total. The first kappa shape index (κ1) is 16.5. The first-order chi connectivity index (χ1) is 5.96. The molecule has 0 aliphatic carbocycles. The number of hydrogen-bond acceptors (Lipinski definition) is 4. The van der Waals surface area contributed by atoms with Crippen molar-refractivity contribution >= 4 is 11.0 Å². The molecule has 0 fully saturated rings. The zero-order valence-electron chi connectivity index (χ0n) is 9.44. The second-order valence-electron chi connectivity index (χ2n) is 3.90. The van der Waals surface area contributed by atoms with E-state index in [0.717, 1.165) is 6.54 Å². The number of nitrogens with one attached hydrogen (secondary N) is 3. The highest BCUT2D eigenvalue weighted by Crippen LogP contribution is 1.99. The Labute approximate surface area is 92.4 Å². The van der Waals surface area contributed by atoms with E-state index < -0.39 is 5.79 Å². The zero-order valence-corrected chi connectivity index (χ0v) is 9.44. The summed E-state index contributed by atoms with van der Waals surface area (Å²) in [6.45, 7) is 7.27. The summed E-state index contributed by atoms with van der Waals surface area (Å²) in [6, 6.07) is 0.177. The van der Waals surface area contributed by atoms with Gasteiger partial charge in [-0.25, -0.2) is 0 Å². The molecule has 5 heteroatoms. The van der Waals surface area contributed by atoms with Gasteiger partial charge in [0.25, 0.3) is 0 Å². The van der Waals surface area contributed by atoms with Gasteiger partial charge in [-0.3, -0.25) is 16.4 Å². The Hall–Kier alpha value is 0.0569. The fraction of sp³-hybridized carbons (Fsp3) is 1.00. The Morgan fingerprint density at radius 3 is 2.00 bits per heavy atom.